The maximum atomic E-state index is 11.0. The van der Waals surface area contributed by atoms with Crippen molar-refractivity contribution < 1.29 is 4.79 Å². The Morgan fingerprint density at radius 1 is 1.17 bits per heavy atom. The van der Waals surface area contributed by atoms with Crippen LogP contribution in [-0.4, -0.2) is 10.9 Å². The fraction of sp³-hybridized carbons (Fsp3) is 0.133. The van der Waals surface area contributed by atoms with Crippen molar-refractivity contribution in [1.29, 1.82) is 0 Å². The first-order valence-corrected chi connectivity index (χ1v) is 6.70. The van der Waals surface area contributed by atoms with E-state index >= 15 is 0 Å². The van der Waals surface area contributed by atoms with Gasteiger partial charge in [-0.3, -0.25) is 4.79 Å². The highest BCUT2D eigenvalue weighted by atomic mass is 32.1. The molecule has 0 unspecified atom stereocenters. The van der Waals surface area contributed by atoms with E-state index in [0.29, 0.717) is 0 Å². The summed E-state index contributed by atoms with van der Waals surface area (Å²) in [6.45, 7) is 4.01. The Balaban J connectivity index is 2.24. The van der Waals surface area contributed by atoms with E-state index in [0.717, 1.165) is 28.9 Å². The lowest BCUT2D eigenvalue weighted by Crippen LogP contribution is -1.99. The third-order valence-electron chi connectivity index (χ3n) is 3.29. The van der Waals surface area contributed by atoms with Crippen molar-refractivity contribution in [2.24, 2.45) is 0 Å². The monoisotopic (exact) mass is 255 g/mol. The number of nitrogens with zero attached hydrogens (tertiary/aromatic N) is 1. The molecule has 18 heavy (non-hydrogen) atoms. The van der Waals surface area contributed by atoms with Crippen molar-refractivity contribution in [2.75, 3.05) is 0 Å². The summed E-state index contributed by atoms with van der Waals surface area (Å²) in [5, 5.41) is 3.35. The molecule has 0 fully saturated rings. The largest absolute Gasteiger partial charge is 0.318 e. The van der Waals surface area contributed by atoms with Crippen molar-refractivity contribution in [3.8, 4) is 5.69 Å². The fourth-order valence-electron chi connectivity index (χ4n) is 2.40. The number of fused-ring (bicyclic) bond motifs is 1. The average molecular weight is 255 g/mol. The number of carbonyl (C=O) groups is 1. The molecule has 0 saturated heterocycles. The SMILES string of the molecule is Cc1cc(C=O)c(C)n1-c1ccc2sccc2c1. The van der Waals surface area contributed by atoms with Crippen molar-refractivity contribution in [2.45, 2.75) is 13.8 Å². The van der Waals surface area contributed by atoms with E-state index < -0.39 is 0 Å². The molecule has 0 aliphatic rings. The van der Waals surface area contributed by atoms with Crippen molar-refractivity contribution in [3.05, 3.63) is 52.7 Å². The highest BCUT2D eigenvalue weighted by molar-refractivity contribution is 7.17. The van der Waals surface area contributed by atoms with E-state index in [2.05, 4.69) is 34.2 Å². The van der Waals surface area contributed by atoms with Gasteiger partial charge in [-0.25, -0.2) is 0 Å². The van der Waals surface area contributed by atoms with Gasteiger partial charge < -0.3 is 4.57 Å². The maximum Gasteiger partial charge on any atom is 0.151 e. The molecule has 0 radical (unpaired) electrons. The number of carbonyl (C=O) groups excluding carboxylic acids is 1. The topological polar surface area (TPSA) is 22.0 Å². The molecule has 0 spiro atoms. The highest BCUT2D eigenvalue weighted by Crippen LogP contribution is 2.26. The standard InChI is InChI=1S/C15H13NOS/c1-10-7-13(9-17)11(2)16(10)14-3-4-15-12(8-14)5-6-18-15/h3-9H,1-2H3. The van der Waals surface area contributed by atoms with Gasteiger partial charge in [0.2, 0.25) is 0 Å². The molecule has 2 nitrogen and oxygen atoms in total. The minimum atomic E-state index is 0.762. The van der Waals surface area contributed by atoms with E-state index in [4.69, 9.17) is 0 Å². The molecule has 0 N–H and O–H groups in total. The predicted molar refractivity (Wildman–Crippen MR) is 76.0 cm³/mol. The van der Waals surface area contributed by atoms with E-state index in [9.17, 15) is 4.79 Å². The summed E-state index contributed by atoms with van der Waals surface area (Å²) in [4.78, 5) is 11.0. The second-order valence-electron chi connectivity index (χ2n) is 4.42. The number of benzene rings is 1. The van der Waals surface area contributed by atoms with Crippen LogP contribution in [-0.2, 0) is 0 Å². The Hall–Kier alpha value is -1.87. The number of aryl methyl sites for hydroxylation is 1. The molecular weight excluding hydrogens is 242 g/mol. The number of aromatic nitrogens is 1. The molecular formula is C15H13NOS. The minimum absolute atomic E-state index is 0.762. The quantitative estimate of drug-likeness (QED) is 0.631. The van der Waals surface area contributed by atoms with Crippen LogP contribution in [0, 0.1) is 13.8 Å². The molecule has 0 aliphatic carbocycles. The Morgan fingerprint density at radius 2 is 2.00 bits per heavy atom. The van der Waals surface area contributed by atoms with Crippen LogP contribution in [0.1, 0.15) is 21.7 Å². The lowest BCUT2D eigenvalue weighted by atomic mass is 10.2. The Labute approximate surface area is 109 Å². The first kappa shape index (κ1) is 11.2. The van der Waals surface area contributed by atoms with Gasteiger partial charge >= 0.3 is 0 Å². The Morgan fingerprint density at radius 3 is 2.72 bits per heavy atom. The van der Waals surface area contributed by atoms with Crippen LogP contribution in [0.4, 0.5) is 0 Å². The summed E-state index contributed by atoms with van der Waals surface area (Å²) in [7, 11) is 0. The van der Waals surface area contributed by atoms with E-state index in [-0.39, 0.29) is 0 Å². The van der Waals surface area contributed by atoms with Gasteiger partial charge in [0.15, 0.2) is 6.29 Å². The lowest BCUT2D eigenvalue weighted by Gasteiger charge is -2.09. The van der Waals surface area contributed by atoms with E-state index in [1.54, 1.807) is 11.3 Å². The molecule has 1 aromatic carbocycles. The highest BCUT2D eigenvalue weighted by Gasteiger charge is 2.10. The van der Waals surface area contributed by atoms with Crippen molar-refractivity contribution >= 4 is 27.7 Å². The van der Waals surface area contributed by atoms with Gasteiger partial charge in [-0.1, -0.05) is 0 Å². The summed E-state index contributed by atoms with van der Waals surface area (Å²) < 4.78 is 3.41. The average Bonchev–Trinajstić information content (AvgIpc) is 2.93. The first-order valence-electron chi connectivity index (χ1n) is 5.82. The van der Waals surface area contributed by atoms with Gasteiger partial charge in [-0.2, -0.15) is 0 Å². The second kappa shape index (κ2) is 4.10. The van der Waals surface area contributed by atoms with Crippen LogP contribution in [0.2, 0.25) is 0 Å². The third kappa shape index (κ3) is 1.59. The number of hydrogen-bond donors (Lipinski definition) is 0. The number of hydrogen-bond acceptors (Lipinski definition) is 2. The van der Waals surface area contributed by atoms with Crippen molar-refractivity contribution in [3.63, 3.8) is 0 Å². The zero-order chi connectivity index (χ0) is 12.7. The number of aldehydes is 1. The molecule has 3 rings (SSSR count). The van der Waals surface area contributed by atoms with Crippen LogP contribution in [0.3, 0.4) is 0 Å². The Kier molecular flexibility index (Phi) is 2.56. The summed E-state index contributed by atoms with van der Waals surface area (Å²) in [6, 6.07) is 10.5. The molecule has 90 valence electrons. The predicted octanol–water partition coefficient (Wildman–Crippen LogP) is 4.12. The normalized spacial score (nSPS) is 11.0. The van der Waals surface area contributed by atoms with Gasteiger partial charge in [-0.15, -0.1) is 11.3 Å². The Bertz CT molecular complexity index is 736. The van der Waals surface area contributed by atoms with Gasteiger partial charge in [0.05, 0.1) is 0 Å². The molecule has 0 aliphatic heterocycles. The molecule has 0 atom stereocenters. The summed E-state index contributed by atoms with van der Waals surface area (Å²) in [5.41, 5.74) is 3.96. The second-order valence-corrected chi connectivity index (χ2v) is 5.37. The molecule has 3 aromatic rings. The van der Waals surface area contributed by atoms with Crippen molar-refractivity contribution in [1.82, 2.24) is 4.57 Å². The third-order valence-corrected chi connectivity index (χ3v) is 4.19. The van der Waals surface area contributed by atoms with Gasteiger partial charge in [0.1, 0.15) is 0 Å². The summed E-state index contributed by atoms with van der Waals surface area (Å²) in [5.74, 6) is 0. The smallest absolute Gasteiger partial charge is 0.151 e. The summed E-state index contributed by atoms with van der Waals surface area (Å²) >= 11 is 1.74. The maximum absolute atomic E-state index is 11.0. The summed E-state index contributed by atoms with van der Waals surface area (Å²) in [6.07, 6.45) is 0.919. The lowest BCUT2D eigenvalue weighted by molar-refractivity contribution is 0.112. The van der Waals surface area contributed by atoms with E-state index in [1.165, 1.54) is 10.1 Å². The van der Waals surface area contributed by atoms with Gasteiger partial charge in [-0.05, 0) is 54.9 Å². The molecule has 3 heteroatoms. The fourth-order valence-corrected chi connectivity index (χ4v) is 3.17. The van der Waals surface area contributed by atoms with Crippen LogP contribution in [0.15, 0.2) is 35.7 Å². The van der Waals surface area contributed by atoms with Crippen LogP contribution < -0.4 is 0 Å². The zero-order valence-corrected chi connectivity index (χ0v) is 11.1. The van der Waals surface area contributed by atoms with Gasteiger partial charge in [0, 0.05) is 27.3 Å². The van der Waals surface area contributed by atoms with Crippen LogP contribution in [0.25, 0.3) is 15.8 Å². The van der Waals surface area contributed by atoms with E-state index in [1.807, 2.05) is 19.9 Å². The van der Waals surface area contributed by atoms with Gasteiger partial charge in [0.25, 0.3) is 0 Å². The minimum Gasteiger partial charge on any atom is -0.318 e. The van der Waals surface area contributed by atoms with Crippen LogP contribution in [0.5, 0.6) is 0 Å². The molecule has 0 amide bonds. The number of thiophene rings is 1. The zero-order valence-electron chi connectivity index (χ0n) is 10.3. The molecule has 0 saturated carbocycles. The molecule has 2 aromatic heterocycles. The van der Waals surface area contributed by atoms with Crippen LogP contribution >= 0.6 is 11.3 Å². The number of rotatable bonds is 2. The first-order chi connectivity index (χ1) is 8.70. The molecule has 2 heterocycles. The molecule has 0 bridgehead atoms.